The van der Waals surface area contributed by atoms with Crippen molar-refractivity contribution in [1.82, 2.24) is 4.98 Å². The van der Waals surface area contributed by atoms with Gasteiger partial charge in [0.25, 0.3) is 0 Å². The quantitative estimate of drug-likeness (QED) is 0.293. The largest absolute Gasteiger partial charge is 0.489 e. The number of carbonyl (C=O) groups is 2. The van der Waals surface area contributed by atoms with Gasteiger partial charge in [0.15, 0.2) is 0 Å². The van der Waals surface area contributed by atoms with E-state index in [9.17, 15) is 14.4 Å². The Balaban J connectivity index is 1.44. The number of hydrogen-bond acceptors (Lipinski definition) is 6. The van der Waals surface area contributed by atoms with Crippen molar-refractivity contribution in [3.63, 3.8) is 0 Å². The number of hydrogen-bond donors (Lipinski definition) is 1. The average Bonchev–Trinajstić information content (AvgIpc) is 3.39. The van der Waals surface area contributed by atoms with Crippen LogP contribution in [0.25, 0.3) is 0 Å². The Morgan fingerprint density at radius 2 is 1.62 bits per heavy atom. The molecule has 3 atom stereocenters. The summed E-state index contributed by atoms with van der Waals surface area (Å²) in [5, 5.41) is 0.994. The van der Waals surface area contributed by atoms with E-state index in [0.29, 0.717) is 36.9 Å². The average molecular weight is 569 g/mol. The summed E-state index contributed by atoms with van der Waals surface area (Å²) < 4.78 is 6.21. The van der Waals surface area contributed by atoms with Crippen LogP contribution in [0.4, 0.5) is 5.69 Å². The molecule has 2 aliphatic heterocycles. The molecule has 10 heteroatoms. The van der Waals surface area contributed by atoms with Gasteiger partial charge in [-0.3, -0.25) is 14.4 Å². The van der Waals surface area contributed by atoms with Gasteiger partial charge in [0, 0.05) is 26.4 Å². The number of thiazole rings is 1. The summed E-state index contributed by atoms with van der Waals surface area (Å²) in [5.41, 5.74) is 2.09. The van der Waals surface area contributed by atoms with Gasteiger partial charge in [0.2, 0.25) is 11.8 Å². The van der Waals surface area contributed by atoms with Gasteiger partial charge in [-0.15, -0.1) is 0 Å². The van der Waals surface area contributed by atoms with Gasteiger partial charge in [-0.2, -0.15) is 0 Å². The number of aromatic nitrogens is 1. The summed E-state index contributed by atoms with van der Waals surface area (Å²) in [4.78, 5) is 44.4. The molecule has 1 N–H and O–H groups in total. The van der Waals surface area contributed by atoms with E-state index in [4.69, 9.17) is 27.9 Å². The van der Waals surface area contributed by atoms with Crippen molar-refractivity contribution < 1.29 is 14.3 Å². The van der Waals surface area contributed by atoms with Gasteiger partial charge in [-0.1, -0.05) is 76.6 Å². The van der Waals surface area contributed by atoms with Gasteiger partial charge >= 0.3 is 4.87 Å². The lowest BCUT2D eigenvalue weighted by atomic mass is 9.82. The van der Waals surface area contributed by atoms with E-state index >= 15 is 0 Å². The number of fused-ring (bicyclic) bond motifs is 2. The molecule has 2 aliphatic rings. The van der Waals surface area contributed by atoms with Crippen molar-refractivity contribution >= 4 is 63.8 Å². The molecule has 0 saturated carbocycles. The maximum Gasteiger partial charge on any atom is 0.305 e. The Morgan fingerprint density at radius 1 is 0.892 bits per heavy atom. The third-order valence-corrected chi connectivity index (χ3v) is 9.34. The van der Waals surface area contributed by atoms with Crippen LogP contribution in [0.15, 0.2) is 82.6 Å². The topological polar surface area (TPSA) is 79.5 Å². The number of carbonyl (C=O) groups excluding carboxylic acids is 2. The second-order valence-electron chi connectivity index (χ2n) is 8.69. The Bertz CT molecular complexity index is 1570. The number of anilines is 1. The molecule has 1 fully saturated rings. The standard InChI is InChI=1S/C27H18Cl2N2O4S2/c28-15-8-6-14(7-9-15)13-35-19-11-10-16(29)12-18(19)20-21-23(36-24-22(20)37-27(34)30-24)26(33)31(25(21)32)17-4-2-1-3-5-17/h1-12,20-21,23H,13H2,(H,30,34)/t20-,21?,23?/m1/s1. The van der Waals surface area contributed by atoms with Crippen LogP contribution in [0.1, 0.15) is 21.9 Å². The molecule has 37 heavy (non-hydrogen) atoms. The molecule has 0 spiro atoms. The predicted molar refractivity (Wildman–Crippen MR) is 146 cm³/mol. The number of benzene rings is 3. The zero-order valence-electron chi connectivity index (χ0n) is 19.0. The highest BCUT2D eigenvalue weighted by molar-refractivity contribution is 8.00. The molecule has 2 unspecified atom stereocenters. The normalized spacial score (nSPS) is 20.6. The first kappa shape index (κ1) is 24.3. The van der Waals surface area contributed by atoms with Gasteiger partial charge in [-0.05, 0) is 48.0 Å². The number of para-hydroxylation sites is 1. The van der Waals surface area contributed by atoms with E-state index in [2.05, 4.69) is 4.98 Å². The molecule has 3 heterocycles. The van der Waals surface area contributed by atoms with Crippen LogP contribution in [0, 0.1) is 5.92 Å². The van der Waals surface area contributed by atoms with Gasteiger partial charge in [0.05, 0.1) is 16.6 Å². The van der Waals surface area contributed by atoms with Gasteiger partial charge < -0.3 is 9.72 Å². The van der Waals surface area contributed by atoms with Crippen LogP contribution in [0.5, 0.6) is 5.75 Å². The Hall–Kier alpha value is -3.04. The smallest absolute Gasteiger partial charge is 0.305 e. The molecule has 1 saturated heterocycles. The highest BCUT2D eigenvalue weighted by atomic mass is 35.5. The molecule has 3 aromatic carbocycles. The minimum atomic E-state index is -0.729. The zero-order valence-corrected chi connectivity index (χ0v) is 22.2. The predicted octanol–water partition coefficient (Wildman–Crippen LogP) is 6.12. The fraction of sp³-hybridized carbons (Fsp3) is 0.148. The monoisotopic (exact) mass is 568 g/mol. The first-order chi connectivity index (χ1) is 17.9. The van der Waals surface area contributed by atoms with Crippen LogP contribution in [0.2, 0.25) is 10.0 Å². The summed E-state index contributed by atoms with van der Waals surface area (Å²) in [7, 11) is 0. The number of rotatable bonds is 5. The van der Waals surface area contributed by atoms with E-state index in [-0.39, 0.29) is 23.3 Å². The fourth-order valence-corrected chi connectivity index (χ4v) is 7.63. The van der Waals surface area contributed by atoms with E-state index in [1.807, 2.05) is 18.2 Å². The fourth-order valence-electron chi connectivity index (χ4n) is 4.82. The lowest BCUT2D eigenvalue weighted by molar-refractivity contribution is -0.122. The number of thioether (sulfide) groups is 1. The number of imide groups is 1. The minimum Gasteiger partial charge on any atom is -0.489 e. The summed E-state index contributed by atoms with van der Waals surface area (Å²) >= 11 is 14.7. The third-order valence-electron chi connectivity index (χ3n) is 6.45. The molecular weight excluding hydrogens is 551 g/mol. The van der Waals surface area contributed by atoms with E-state index in [1.165, 1.54) is 16.7 Å². The Kier molecular flexibility index (Phi) is 6.36. The summed E-state index contributed by atoms with van der Waals surface area (Å²) in [6.07, 6.45) is 0. The van der Waals surface area contributed by atoms with Crippen molar-refractivity contribution in [2.24, 2.45) is 5.92 Å². The summed E-state index contributed by atoms with van der Waals surface area (Å²) in [5.74, 6) is -1.41. The molecule has 0 aliphatic carbocycles. The molecule has 4 aromatic rings. The molecule has 1 aromatic heterocycles. The third kappa shape index (κ3) is 4.38. The van der Waals surface area contributed by atoms with Crippen LogP contribution in [-0.4, -0.2) is 22.0 Å². The van der Waals surface area contributed by atoms with Gasteiger partial charge in [0.1, 0.15) is 17.6 Å². The second kappa shape index (κ2) is 9.68. The highest BCUT2D eigenvalue weighted by Gasteiger charge is 2.56. The lowest BCUT2D eigenvalue weighted by Gasteiger charge is -2.31. The van der Waals surface area contributed by atoms with E-state index < -0.39 is 17.1 Å². The Labute approximate surface area is 230 Å². The number of aromatic amines is 1. The number of nitrogens with one attached hydrogen (secondary N) is 1. The molecular formula is C27H18Cl2N2O4S2. The lowest BCUT2D eigenvalue weighted by Crippen LogP contribution is -2.32. The van der Waals surface area contributed by atoms with Crippen molar-refractivity contribution in [2.45, 2.75) is 22.8 Å². The van der Waals surface area contributed by atoms with Gasteiger partial charge in [-0.25, -0.2) is 4.90 Å². The van der Waals surface area contributed by atoms with Crippen molar-refractivity contribution in [3.8, 4) is 5.75 Å². The molecule has 0 bridgehead atoms. The molecule has 2 amide bonds. The summed E-state index contributed by atoms with van der Waals surface area (Å²) in [6, 6.07) is 21.4. The maximum absolute atomic E-state index is 13.9. The van der Waals surface area contributed by atoms with Crippen molar-refractivity contribution in [2.75, 3.05) is 4.90 Å². The van der Waals surface area contributed by atoms with E-state index in [0.717, 1.165) is 16.9 Å². The van der Waals surface area contributed by atoms with Crippen LogP contribution < -0.4 is 14.5 Å². The van der Waals surface area contributed by atoms with Crippen LogP contribution in [0.3, 0.4) is 0 Å². The maximum atomic E-state index is 13.9. The van der Waals surface area contributed by atoms with Crippen LogP contribution >= 0.6 is 46.3 Å². The molecule has 6 rings (SSSR count). The summed E-state index contributed by atoms with van der Waals surface area (Å²) in [6.45, 7) is 0.264. The number of ether oxygens (including phenoxy) is 1. The first-order valence-corrected chi connectivity index (χ1v) is 13.8. The molecule has 0 radical (unpaired) electrons. The van der Waals surface area contributed by atoms with Crippen molar-refractivity contribution in [1.29, 1.82) is 0 Å². The van der Waals surface area contributed by atoms with Crippen molar-refractivity contribution in [3.05, 3.63) is 109 Å². The number of H-pyrrole nitrogens is 1. The number of nitrogens with zero attached hydrogens (tertiary/aromatic N) is 1. The second-order valence-corrected chi connectivity index (χ2v) is 11.7. The molecule has 6 nitrogen and oxygen atoms in total. The minimum absolute atomic E-state index is 0.243. The highest BCUT2D eigenvalue weighted by Crippen LogP contribution is 2.54. The van der Waals surface area contributed by atoms with E-state index in [1.54, 1.807) is 54.6 Å². The van der Waals surface area contributed by atoms with Crippen LogP contribution in [-0.2, 0) is 16.2 Å². The number of amides is 2. The zero-order chi connectivity index (χ0) is 25.7. The number of halogens is 2. The Morgan fingerprint density at radius 3 is 2.38 bits per heavy atom. The first-order valence-electron chi connectivity index (χ1n) is 11.4. The SMILES string of the molecule is O=C1C2Sc3[nH]c(=O)sc3[C@H](c3cc(Cl)ccc3OCc3ccc(Cl)cc3)C2C(=O)N1c1ccccc1. The molecule has 186 valence electrons.